The van der Waals surface area contributed by atoms with Gasteiger partial charge in [-0.05, 0) is 50.2 Å². The molecule has 0 radical (unpaired) electrons. The molecule has 0 spiro atoms. The van der Waals surface area contributed by atoms with Crippen LogP contribution in [-0.2, 0) is 11.8 Å². The van der Waals surface area contributed by atoms with E-state index in [1.165, 1.54) is 15.9 Å². The van der Waals surface area contributed by atoms with Crippen LogP contribution in [-0.4, -0.2) is 45.4 Å². The van der Waals surface area contributed by atoms with Crippen molar-refractivity contribution in [1.29, 1.82) is 0 Å². The van der Waals surface area contributed by atoms with Crippen molar-refractivity contribution < 1.29 is 9.90 Å². The van der Waals surface area contributed by atoms with Crippen molar-refractivity contribution in [2.75, 3.05) is 19.6 Å². The number of aromatic nitrogens is 2. The molecule has 6 heteroatoms. The molecule has 2 fully saturated rings. The van der Waals surface area contributed by atoms with Crippen LogP contribution in [0.15, 0.2) is 11.4 Å². The minimum atomic E-state index is -0.611. The second kappa shape index (κ2) is 5.06. The molecule has 4 rings (SSSR count). The van der Waals surface area contributed by atoms with Crippen LogP contribution in [0.25, 0.3) is 10.2 Å². The highest BCUT2D eigenvalue weighted by Gasteiger charge is 2.51. The van der Waals surface area contributed by atoms with Gasteiger partial charge in [0.25, 0.3) is 0 Å². The Morgan fingerprint density at radius 3 is 2.82 bits per heavy atom. The van der Waals surface area contributed by atoms with Crippen LogP contribution < -0.4 is 0 Å². The van der Waals surface area contributed by atoms with Gasteiger partial charge in [0.15, 0.2) is 0 Å². The van der Waals surface area contributed by atoms with E-state index in [4.69, 9.17) is 5.10 Å². The summed E-state index contributed by atoms with van der Waals surface area (Å²) in [6.07, 6.45) is 3.86. The van der Waals surface area contributed by atoms with E-state index >= 15 is 0 Å². The van der Waals surface area contributed by atoms with Crippen LogP contribution in [0.5, 0.6) is 0 Å². The van der Waals surface area contributed by atoms with Gasteiger partial charge in [-0.3, -0.25) is 9.48 Å². The molecule has 2 aliphatic rings. The third-order valence-electron chi connectivity index (χ3n) is 5.29. The molecule has 0 aromatic carbocycles. The summed E-state index contributed by atoms with van der Waals surface area (Å²) in [6, 6.07) is 2.13. The number of rotatable bonds is 4. The molecule has 0 bridgehead atoms. The molecule has 1 saturated heterocycles. The lowest BCUT2D eigenvalue weighted by molar-refractivity contribution is -0.144. The molecule has 1 aliphatic carbocycles. The van der Waals surface area contributed by atoms with Gasteiger partial charge in [-0.2, -0.15) is 5.10 Å². The molecule has 0 unspecified atom stereocenters. The maximum atomic E-state index is 11.3. The highest BCUT2D eigenvalue weighted by molar-refractivity contribution is 7.17. The molecule has 118 valence electrons. The SMILES string of the molecule is Cn1nc(C2CCN(CC3(C(=O)O)CC3)CC2)c2sccc21. The fourth-order valence-corrected chi connectivity index (χ4v) is 4.64. The van der Waals surface area contributed by atoms with Gasteiger partial charge in [0.2, 0.25) is 0 Å². The van der Waals surface area contributed by atoms with Crippen LogP contribution in [0.4, 0.5) is 0 Å². The first-order valence-corrected chi connectivity index (χ1v) is 8.83. The molecule has 22 heavy (non-hydrogen) atoms. The molecule has 1 aliphatic heterocycles. The molecule has 5 nitrogen and oxygen atoms in total. The van der Waals surface area contributed by atoms with Crippen molar-refractivity contribution in [3.63, 3.8) is 0 Å². The quantitative estimate of drug-likeness (QED) is 0.941. The summed E-state index contributed by atoms with van der Waals surface area (Å²) in [5.74, 6) is -0.0989. The molecular weight excluding hydrogens is 298 g/mol. The number of aryl methyl sites for hydroxylation is 1. The van der Waals surface area contributed by atoms with Crippen molar-refractivity contribution in [3.8, 4) is 0 Å². The monoisotopic (exact) mass is 319 g/mol. The number of carboxylic acid groups (broad SMARTS) is 1. The maximum Gasteiger partial charge on any atom is 0.310 e. The summed E-state index contributed by atoms with van der Waals surface area (Å²) in [6.45, 7) is 2.71. The Morgan fingerprint density at radius 1 is 1.45 bits per heavy atom. The zero-order chi connectivity index (χ0) is 15.3. The molecule has 0 atom stereocenters. The van der Waals surface area contributed by atoms with Gasteiger partial charge in [0, 0.05) is 19.5 Å². The summed E-state index contributed by atoms with van der Waals surface area (Å²) < 4.78 is 3.31. The Labute approximate surface area is 133 Å². The van der Waals surface area contributed by atoms with E-state index in [2.05, 4.69) is 16.3 Å². The second-order valence-electron chi connectivity index (χ2n) is 6.78. The molecule has 1 N–H and O–H groups in total. The number of likely N-dealkylation sites (tertiary alicyclic amines) is 1. The van der Waals surface area contributed by atoms with E-state index in [1.54, 1.807) is 11.3 Å². The summed E-state index contributed by atoms with van der Waals surface area (Å²) >= 11 is 1.78. The summed E-state index contributed by atoms with van der Waals surface area (Å²) in [5.41, 5.74) is 2.04. The number of carbonyl (C=O) groups is 1. The molecule has 3 heterocycles. The van der Waals surface area contributed by atoms with E-state index in [-0.39, 0.29) is 0 Å². The molecule has 2 aromatic heterocycles. The smallest absolute Gasteiger partial charge is 0.310 e. The normalized spacial score (nSPS) is 22.2. The van der Waals surface area contributed by atoms with Gasteiger partial charge in [0.1, 0.15) is 0 Å². The van der Waals surface area contributed by atoms with Crippen LogP contribution in [0.3, 0.4) is 0 Å². The lowest BCUT2D eigenvalue weighted by atomic mass is 9.92. The van der Waals surface area contributed by atoms with Crippen LogP contribution in [0, 0.1) is 5.41 Å². The molecule has 2 aromatic rings. The van der Waals surface area contributed by atoms with Crippen molar-refractivity contribution in [2.45, 2.75) is 31.6 Å². The average Bonchev–Trinajstić information content (AvgIpc) is 3.01. The lowest BCUT2D eigenvalue weighted by Crippen LogP contribution is -2.39. The number of hydrogen-bond donors (Lipinski definition) is 1. The predicted octanol–water partition coefficient (Wildman–Crippen LogP) is 2.68. The fraction of sp³-hybridized carbons (Fsp3) is 0.625. The van der Waals surface area contributed by atoms with Gasteiger partial charge in [-0.15, -0.1) is 11.3 Å². The number of fused-ring (bicyclic) bond motifs is 1. The van der Waals surface area contributed by atoms with Gasteiger partial charge in [-0.25, -0.2) is 0 Å². The predicted molar refractivity (Wildman–Crippen MR) is 86.3 cm³/mol. The highest BCUT2D eigenvalue weighted by Crippen LogP contribution is 2.47. The number of aliphatic carboxylic acids is 1. The largest absolute Gasteiger partial charge is 0.481 e. The first-order chi connectivity index (χ1) is 10.6. The number of hydrogen-bond acceptors (Lipinski definition) is 4. The Morgan fingerprint density at radius 2 is 2.18 bits per heavy atom. The first-order valence-electron chi connectivity index (χ1n) is 7.95. The lowest BCUT2D eigenvalue weighted by Gasteiger charge is -2.32. The Balaban J connectivity index is 1.44. The molecular formula is C16H21N3O2S. The Hall–Kier alpha value is -1.40. The minimum absolute atomic E-state index is 0.432. The van der Waals surface area contributed by atoms with Gasteiger partial charge < -0.3 is 10.0 Å². The highest BCUT2D eigenvalue weighted by atomic mass is 32.1. The van der Waals surface area contributed by atoms with Gasteiger partial charge in [0.05, 0.1) is 21.3 Å². The van der Waals surface area contributed by atoms with Crippen LogP contribution in [0.1, 0.15) is 37.3 Å². The van der Waals surface area contributed by atoms with E-state index < -0.39 is 11.4 Å². The summed E-state index contributed by atoms with van der Waals surface area (Å²) in [7, 11) is 2.01. The number of nitrogens with zero attached hydrogens (tertiary/aromatic N) is 3. The third-order valence-corrected chi connectivity index (χ3v) is 6.22. The minimum Gasteiger partial charge on any atom is -0.481 e. The molecule has 1 saturated carbocycles. The topological polar surface area (TPSA) is 58.4 Å². The average molecular weight is 319 g/mol. The second-order valence-corrected chi connectivity index (χ2v) is 7.70. The van der Waals surface area contributed by atoms with Crippen LogP contribution in [0.2, 0.25) is 0 Å². The van der Waals surface area contributed by atoms with Gasteiger partial charge >= 0.3 is 5.97 Å². The fourth-order valence-electron chi connectivity index (χ4n) is 3.66. The Kier molecular flexibility index (Phi) is 3.27. The van der Waals surface area contributed by atoms with Crippen molar-refractivity contribution in [1.82, 2.24) is 14.7 Å². The van der Waals surface area contributed by atoms with E-state index in [0.717, 1.165) is 45.3 Å². The van der Waals surface area contributed by atoms with Crippen molar-refractivity contribution in [2.24, 2.45) is 12.5 Å². The summed E-state index contributed by atoms with van der Waals surface area (Å²) in [4.78, 5) is 13.7. The first kappa shape index (κ1) is 14.2. The van der Waals surface area contributed by atoms with E-state index in [9.17, 15) is 9.90 Å². The van der Waals surface area contributed by atoms with E-state index in [1.807, 2.05) is 11.7 Å². The maximum absolute atomic E-state index is 11.3. The van der Waals surface area contributed by atoms with Crippen molar-refractivity contribution >= 4 is 27.5 Å². The Bertz CT molecular complexity index is 708. The zero-order valence-corrected chi connectivity index (χ0v) is 13.6. The number of carboxylic acids is 1. The number of piperidine rings is 1. The zero-order valence-electron chi connectivity index (χ0n) is 12.8. The standard InChI is InChI=1S/C16H21N3O2S/c1-18-12-4-9-22-14(12)13(17-18)11-2-7-19(8-3-11)10-16(5-6-16)15(20)21/h4,9,11H,2-3,5-8,10H2,1H3,(H,20,21). The van der Waals surface area contributed by atoms with E-state index in [0.29, 0.717) is 5.92 Å². The van der Waals surface area contributed by atoms with Crippen molar-refractivity contribution in [3.05, 3.63) is 17.1 Å². The summed E-state index contributed by atoms with van der Waals surface area (Å²) in [5, 5.41) is 16.2. The number of thiophene rings is 1. The van der Waals surface area contributed by atoms with Crippen LogP contribution >= 0.6 is 11.3 Å². The van der Waals surface area contributed by atoms with Gasteiger partial charge in [-0.1, -0.05) is 0 Å². The molecule has 0 amide bonds. The third kappa shape index (κ3) is 2.25.